The van der Waals surface area contributed by atoms with Gasteiger partial charge in [0.1, 0.15) is 11.3 Å². The predicted molar refractivity (Wildman–Crippen MR) is 87.4 cm³/mol. The fourth-order valence-electron chi connectivity index (χ4n) is 2.00. The first-order chi connectivity index (χ1) is 11.0. The SMILES string of the molecule is O=C(COc1ccc(Cl)cc1Cl)Nc1cccc2oc(=O)[nH]c12. The van der Waals surface area contributed by atoms with E-state index in [1.165, 1.54) is 6.07 Å². The van der Waals surface area contributed by atoms with Crippen molar-refractivity contribution in [1.82, 2.24) is 4.98 Å². The van der Waals surface area contributed by atoms with Crippen LogP contribution in [0.5, 0.6) is 5.75 Å². The molecule has 1 aromatic heterocycles. The number of rotatable bonds is 4. The molecule has 23 heavy (non-hydrogen) atoms. The van der Waals surface area contributed by atoms with Gasteiger partial charge in [-0.2, -0.15) is 0 Å². The number of aromatic amines is 1. The second-order valence-electron chi connectivity index (χ2n) is 4.60. The van der Waals surface area contributed by atoms with Crippen molar-refractivity contribution in [2.75, 3.05) is 11.9 Å². The highest BCUT2D eigenvalue weighted by Gasteiger charge is 2.11. The van der Waals surface area contributed by atoms with E-state index >= 15 is 0 Å². The zero-order valence-electron chi connectivity index (χ0n) is 11.6. The Labute approximate surface area is 140 Å². The van der Waals surface area contributed by atoms with Crippen molar-refractivity contribution in [1.29, 1.82) is 0 Å². The van der Waals surface area contributed by atoms with Gasteiger partial charge in [0.25, 0.3) is 5.91 Å². The first-order valence-electron chi connectivity index (χ1n) is 6.52. The summed E-state index contributed by atoms with van der Waals surface area (Å²) in [6.45, 7) is -0.250. The normalized spacial score (nSPS) is 10.7. The molecule has 0 saturated heterocycles. The molecule has 0 unspecified atom stereocenters. The van der Waals surface area contributed by atoms with Crippen LogP contribution in [0.25, 0.3) is 11.1 Å². The molecule has 0 fully saturated rings. The second kappa shape index (κ2) is 6.36. The van der Waals surface area contributed by atoms with Gasteiger partial charge in [-0.05, 0) is 30.3 Å². The van der Waals surface area contributed by atoms with E-state index in [9.17, 15) is 9.59 Å². The lowest BCUT2D eigenvalue weighted by Crippen LogP contribution is -2.20. The minimum absolute atomic E-state index is 0.250. The molecule has 0 radical (unpaired) electrons. The average molecular weight is 353 g/mol. The number of ether oxygens (including phenoxy) is 1. The van der Waals surface area contributed by atoms with E-state index in [0.29, 0.717) is 32.6 Å². The number of halogens is 2. The number of hydrogen-bond donors (Lipinski definition) is 2. The van der Waals surface area contributed by atoms with Crippen molar-refractivity contribution < 1.29 is 13.9 Å². The largest absolute Gasteiger partial charge is 0.482 e. The Morgan fingerprint density at radius 1 is 1.26 bits per heavy atom. The van der Waals surface area contributed by atoms with Crippen LogP contribution in [0.15, 0.2) is 45.6 Å². The van der Waals surface area contributed by atoms with Crippen LogP contribution in [0.2, 0.25) is 10.0 Å². The molecule has 2 aromatic carbocycles. The summed E-state index contributed by atoms with van der Waals surface area (Å²) in [5, 5.41) is 3.42. The number of carbonyl (C=O) groups excluding carboxylic acids is 1. The van der Waals surface area contributed by atoms with Gasteiger partial charge >= 0.3 is 5.76 Å². The Balaban J connectivity index is 1.70. The van der Waals surface area contributed by atoms with Gasteiger partial charge in [-0.25, -0.2) is 4.79 Å². The van der Waals surface area contributed by atoms with Crippen LogP contribution in [0.3, 0.4) is 0 Å². The van der Waals surface area contributed by atoms with E-state index in [2.05, 4.69) is 10.3 Å². The molecule has 3 aromatic rings. The molecule has 6 nitrogen and oxygen atoms in total. The topological polar surface area (TPSA) is 84.3 Å². The lowest BCUT2D eigenvalue weighted by molar-refractivity contribution is -0.118. The van der Waals surface area contributed by atoms with Crippen LogP contribution in [0.1, 0.15) is 0 Å². The maximum atomic E-state index is 12.0. The minimum atomic E-state index is -0.592. The van der Waals surface area contributed by atoms with Crippen LogP contribution in [-0.4, -0.2) is 17.5 Å². The molecule has 0 atom stereocenters. The Bertz CT molecular complexity index is 933. The minimum Gasteiger partial charge on any atom is -0.482 e. The molecule has 0 aliphatic heterocycles. The first-order valence-corrected chi connectivity index (χ1v) is 7.28. The fraction of sp³-hybridized carbons (Fsp3) is 0.0667. The lowest BCUT2D eigenvalue weighted by atomic mass is 10.3. The number of anilines is 1. The summed E-state index contributed by atoms with van der Waals surface area (Å²) >= 11 is 11.7. The number of oxazole rings is 1. The van der Waals surface area contributed by atoms with Crippen LogP contribution in [-0.2, 0) is 4.79 Å². The van der Waals surface area contributed by atoms with Crippen molar-refractivity contribution in [2.45, 2.75) is 0 Å². The lowest BCUT2D eigenvalue weighted by Gasteiger charge is -2.09. The Morgan fingerprint density at radius 2 is 2.09 bits per heavy atom. The molecule has 0 bridgehead atoms. The molecular formula is C15H10Cl2N2O4. The summed E-state index contributed by atoms with van der Waals surface area (Å²) < 4.78 is 10.3. The van der Waals surface area contributed by atoms with Crippen LogP contribution in [0, 0.1) is 0 Å². The number of amides is 1. The van der Waals surface area contributed by atoms with Crippen LogP contribution in [0.4, 0.5) is 5.69 Å². The molecule has 118 valence electrons. The Kier molecular flexibility index (Phi) is 4.27. The molecule has 0 aliphatic rings. The molecule has 0 aliphatic carbocycles. The van der Waals surface area contributed by atoms with Gasteiger partial charge in [0.2, 0.25) is 0 Å². The molecule has 2 N–H and O–H groups in total. The number of nitrogens with one attached hydrogen (secondary N) is 2. The van der Waals surface area contributed by atoms with Crippen molar-refractivity contribution in [3.63, 3.8) is 0 Å². The molecule has 0 spiro atoms. The molecular weight excluding hydrogens is 343 g/mol. The molecule has 1 heterocycles. The van der Waals surface area contributed by atoms with Crippen molar-refractivity contribution in [3.8, 4) is 5.75 Å². The van der Waals surface area contributed by atoms with E-state index in [1.807, 2.05) is 0 Å². The van der Waals surface area contributed by atoms with Gasteiger partial charge in [-0.3, -0.25) is 9.78 Å². The zero-order chi connectivity index (χ0) is 16.4. The number of carbonyl (C=O) groups is 1. The molecule has 0 saturated carbocycles. The average Bonchev–Trinajstić information content (AvgIpc) is 2.88. The summed E-state index contributed by atoms with van der Waals surface area (Å²) in [4.78, 5) is 25.7. The highest BCUT2D eigenvalue weighted by Crippen LogP contribution is 2.27. The number of benzene rings is 2. The summed E-state index contributed by atoms with van der Waals surface area (Å²) in [6, 6.07) is 9.62. The number of hydrogen-bond acceptors (Lipinski definition) is 4. The van der Waals surface area contributed by atoms with E-state index < -0.39 is 11.7 Å². The van der Waals surface area contributed by atoms with E-state index in [4.69, 9.17) is 32.4 Å². The number of aromatic nitrogens is 1. The summed E-state index contributed by atoms with van der Waals surface area (Å²) in [5.41, 5.74) is 1.19. The standard InChI is InChI=1S/C15H10Cl2N2O4/c16-8-4-5-11(9(17)6-8)22-7-13(20)18-10-2-1-3-12-14(10)19-15(21)23-12/h1-6H,7H2,(H,18,20)(H,19,21). The monoisotopic (exact) mass is 352 g/mol. The van der Waals surface area contributed by atoms with Gasteiger partial charge in [-0.1, -0.05) is 29.3 Å². The molecule has 3 rings (SSSR count). The highest BCUT2D eigenvalue weighted by molar-refractivity contribution is 6.35. The molecule has 1 amide bonds. The van der Waals surface area contributed by atoms with Gasteiger partial charge < -0.3 is 14.5 Å². The van der Waals surface area contributed by atoms with Crippen molar-refractivity contribution in [2.24, 2.45) is 0 Å². The van der Waals surface area contributed by atoms with Crippen LogP contribution >= 0.6 is 23.2 Å². The smallest absolute Gasteiger partial charge is 0.417 e. The second-order valence-corrected chi connectivity index (χ2v) is 5.45. The first kappa shape index (κ1) is 15.5. The summed E-state index contributed by atoms with van der Waals surface area (Å²) in [6.07, 6.45) is 0. The van der Waals surface area contributed by atoms with E-state index in [0.717, 1.165) is 0 Å². The summed E-state index contributed by atoms with van der Waals surface area (Å²) in [7, 11) is 0. The number of H-pyrrole nitrogens is 1. The predicted octanol–water partition coefficient (Wildman–Crippen LogP) is 3.45. The number of fused-ring (bicyclic) bond motifs is 1. The highest BCUT2D eigenvalue weighted by atomic mass is 35.5. The zero-order valence-corrected chi connectivity index (χ0v) is 13.1. The Morgan fingerprint density at radius 3 is 2.87 bits per heavy atom. The third-order valence-electron chi connectivity index (χ3n) is 2.98. The van der Waals surface area contributed by atoms with E-state index in [-0.39, 0.29) is 6.61 Å². The quantitative estimate of drug-likeness (QED) is 0.753. The Hall–Kier alpha value is -2.44. The molecule has 8 heteroatoms. The van der Waals surface area contributed by atoms with Crippen molar-refractivity contribution >= 4 is 45.9 Å². The fourth-order valence-corrected chi connectivity index (χ4v) is 2.46. The van der Waals surface area contributed by atoms with Crippen molar-refractivity contribution in [3.05, 3.63) is 57.0 Å². The third kappa shape index (κ3) is 3.49. The van der Waals surface area contributed by atoms with Crippen LogP contribution < -0.4 is 15.8 Å². The van der Waals surface area contributed by atoms with Gasteiger partial charge in [0, 0.05) is 5.02 Å². The maximum Gasteiger partial charge on any atom is 0.417 e. The van der Waals surface area contributed by atoms with Gasteiger partial charge in [-0.15, -0.1) is 0 Å². The number of para-hydroxylation sites is 1. The third-order valence-corrected chi connectivity index (χ3v) is 3.51. The van der Waals surface area contributed by atoms with Gasteiger partial charge in [0.15, 0.2) is 12.2 Å². The van der Waals surface area contributed by atoms with E-state index in [1.54, 1.807) is 30.3 Å². The van der Waals surface area contributed by atoms with Gasteiger partial charge in [0.05, 0.1) is 10.7 Å². The summed E-state index contributed by atoms with van der Waals surface area (Å²) in [5.74, 6) is -0.655. The maximum absolute atomic E-state index is 12.0.